The normalized spacial score (nSPS) is 14.3. The molecule has 1 amide bonds. The Hall–Kier alpha value is -1.70. The number of fused-ring (bicyclic) bond motifs is 1. The second kappa shape index (κ2) is 11.4. The fraction of sp³-hybridized carbons (Fsp3) is 0.417. The number of morpholine rings is 1. The standard InChI is InChI=1S/C24H28ClN3O2S.ClH/c1-17-4-5-18(2)19(14-17)15-23(29)28(9-3-8-27-10-12-30-13-11-27)24-26-21-7-6-20(25)16-22(21)31-24;/h4-7,14,16H,3,8-13,15H2,1-2H3;1H. The van der Waals surface area contributed by atoms with Gasteiger partial charge in [-0.15, -0.1) is 12.4 Å². The van der Waals surface area contributed by atoms with Crippen molar-refractivity contribution >= 4 is 56.6 Å². The van der Waals surface area contributed by atoms with E-state index in [1.54, 1.807) is 0 Å². The molecule has 2 heterocycles. The summed E-state index contributed by atoms with van der Waals surface area (Å²) in [6.07, 6.45) is 1.27. The molecule has 1 aromatic heterocycles. The number of halogens is 2. The van der Waals surface area contributed by atoms with E-state index in [0.29, 0.717) is 18.0 Å². The summed E-state index contributed by atoms with van der Waals surface area (Å²) in [6.45, 7) is 9.20. The fourth-order valence-electron chi connectivity index (χ4n) is 3.86. The Morgan fingerprint density at radius 1 is 1.19 bits per heavy atom. The Morgan fingerprint density at radius 2 is 1.97 bits per heavy atom. The molecular weight excluding hydrogens is 465 g/mol. The number of benzene rings is 2. The van der Waals surface area contributed by atoms with Gasteiger partial charge in [-0.25, -0.2) is 4.98 Å². The highest BCUT2D eigenvalue weighted by molar-refractivity contribution is 7.22. The number of nitrogens with zero attached hydrogens (tertiary/aromatic N) is 3. The predicted molar refractivity (Wildman–Crippen MR) is 136 cm³/mol. The van der Waals surface area contributed by atoms with Crippen molar-refractivity contribution in [2.24, 2.45) is 0 Å². The Kier molecular flexibility index (Phi) is 8.91. The highest BCUT2D eigenvalue weighted by Crippen LogP contribution is 2.31. The number of hydrogen-bond donors (Lipinski definition) is 0. The van der Waals surface area contributed by atoms with E-state index in [2.05, 4.69) is 36.9 Å². The minimum Gasteiger partial charge on any atom is -0.379 e. The largest absolute Gasteiger partial charge is 0.379 e. The Morgan fingerprint density at radius 3 is 2.75 bits per heavy atom. The molecule has 5 nitrogen and oxygen atoms in total. The van der Waals surface area contributed by atoms with Crippen molar-refractivity contribution in [2.45, 2.75) is 26.7 Å². The quantitative estimate of drug-likeness (QED) is 0.448. The molecule has 0 unspecified atom stereocenters. The van der Waals surface area contributed by atoms with E-state index < -0.39 is 0 Å². The summed E-state index contributed by atoms with van der Waals surface area (Å²) < 4.78 is 6.44. The molecule has 0 aliphatic carbocycles. The first-order chi connectivity index (χ1) is 15.0. The molecule has 1 fully saturated rings. The molecule has 3 aromatic rings. The van der Waals surface area contributed by atoms with Gasteiger partial charge in [0.15, 0.2) is 5.13 Å². The Labute approximate surface area is 204 Å². The average molecular weight is 494 g/mol. The lowest BCUT2D eigenvalue weighted by molar-refractivity contribution is -0.118. The summed E-state index contributed by atoms with van der Waals surface area (Å²) in [7, 11) is 0. The zero-order valence-corrected chi connectivity index (χ0v) is 20.9. The average Bonchev–Trinajstić information content (AvgIpc) is 3.17. The van der Waals surface area contributed by atoms with Crippen molar-refractivity contribution in [2.75, 3.05) is 44.3 Å². The summed E-state index contributed by atoms with van der Waals surface area (Å²) >= 11 is 7.69. The molecule has 0 atom stereocenters. The zero-order valence-electron chi connectivity index (χ0n) is 18.5. The van der Waals surface area contributed by atoms with Gasteiger partial charge >= 0.3 is 0 Å². The number of aryl methyl sites for hydroxylation is 2. The highest BCUT2D eigenvalue weighted by Gasteiger charge is 2.21. The van der Waals surface area contributed by atoms with E-state index in [1.165, 1.54) is 16.9 Å². The first-order valence-electron chi connectivity index (χ1n) is 10.7. The summed E-state index contributed by atoms with van der Waals surface area (Å²) in [5, 5.41) is 1.43. The van der Waals surface area contributed by atoms with Gasteiger partial charge in [0.25, 0.3) is 0 Å². The summed E-state index contributed by atoms with van der Waals surface area (Å²) in [6, 6.07) is 11.9. The van der Waals surface area contributed by atoms with Crippen LogP contribution in [0.5, 0.6) is 0 Å². The van der Waals surface area contributed by atoms with E-state index in [0.717, 1.165) is 65.7 Å². The molecule has 172 valence electrons. The van der Waals surface area contributed by atoms with Crippen LogP contribution in [-0.4, -0.2) is 55.2 Å². The van der Waals surface area contributed by atoms with Gasteiger partial charge in [0.2, 0.25) is 5.91 Å². The van der Waals surface area contributed by atoms with E-state index in [9.17, 15) is 4.79 Å². The van der Waals surface area contributed by atoms with E-state index in [-0.39, 0.29) is 18.3 Å². The van der Waals surface area contributed by atoms with Crippen LogP contribution in [0.1, 0.15) is 23.1 Å². The SMILES string of the molecule is Cc1ccc(C)c(CC(=O)N(CCCN2CCOCC2)c2nc3ccc(Cl)cc3s2)c1.Cl. The number of thiazole rings is 1. The molecule has 2 aromatic carbocycles. The topological polar surface area (TPSA) is 45.7 Å². The molecular formula is C24H29Cl2N3O2S. The third kappa shape index (κ3) is 6.21. The Balaban J connectivity index is 0.00000289. The van der Waals surface area contributed by atoms with Crippen molar-refractivity contribution in [1.82, 2.24) is 9.88 Å². The van der Waals surface area contributed by atoms with E-state index in [1.807, 2.05) is 23.1 Å². The van der Waals surface area contributed by atoms with Gasteiger partial charge in [-0.2, -0.15) is 0 Å². The first-order valence-corrected chi connectivity index (χ1v) is 11.9. The molecule has 8 heteroatoms. The lowest BCUT2D eigenvalue weighted by Gasteiger charge is -2.27. The van der Waals surface area contributed by atoms with Crippen molar-refractivity contribution in [1.29, 1.82) is 0 Å². The summed E-state index contributed by atoms with van der Waals surface area (Å²) in [5.74, 6) is 0.0841. The minimum atomic E-state index is 0. The van der Waals surface area contributed by atoms with Crippen LogP contribution in [0.2, 0.25) is 5.02 Å². The zero-order chi connectivity index (χ0) is 21.8. The molecule has 1 saturated heterocycles. The van der Waals surface area contributed by atoms with Crippen LogP contribution in [0.25, 0.3) is 10.2 Å². The summed E-state index contributed by atoms with van der Waals surface area (Å²) in [4.78, 5) is 22.4. The number of ether oxygens (including phenoxy) is 1. The smallest absolute Gasteiger partial charge is 0.233 e. The molecule has 1 aliphatic rings. The van der Waals surface area contributed by atoms with E-state index in [4.69, 9.17) is 21.3 Å². The van der Waals surface area contributed by atoms with Crippen molar-refractivity contribution in [3.63, 3.8) is 0 Å². The molecule has 0 bridgehead atoms. The lowest BCUT2D eigenvalue weighted by Crippen LogP contribution is -2.39. The summed E-state index contributed by atoms with van der Waals surface area (Å²) in [5.41, 5.74) is 4.26. The second-order valence-electron chi connectivity index (χ2n) is 8.07. The molecule has 4 rings (SSSR count). The number of rotatable bonds is 7. The predicted octanol–water partition coefficient (Wildman–Crippen LogP) is 5.29. The van der Waals surface area contributed by atoms with Crippen LogP contribution >= 0.6 is 35.3 Å². The number of amides is 1. The number of anilines is 1. The maximum Gasteiger partial charge on any atom is 0.233 e. The molecule has 0 N–H and O–H groups in total. The van der Waals surface area contributed by atoms with Crippen LogP contribution < -0.4 is 4.90 Å². The molecule has 0 spiro atoms. The van der Waals surface area contributed by atoms with Crippen LogP contribution in [0.3, 0.4) is 0 Å². The van der Waals surface area contributed by atoms with Gasteiger partial charge in [-0.1, -0.05) is 46.7 Å². The van der Waals surface area contributed by atoms with Crippen molar-refractivity contribution in [3.05, 3.63) is 58.1 Å². The van der Waals surface area contributed by atoms with E-state index >= 15 is 0 Å². The lowest BCUT2D eigenvalue weighted by atomic mass is 10.0. The van der Waals surface area contributed by atoms with Crippen molar-refractivity contribution < 1.29 is 9.53 Å². The minimum absolute atomic E-state index is 0. The maximum atomic E-state index is 13.4. The number of aromatic nitrogens is 1. The van der Waals surface area contributed by atoms with Crippen LogP contribution in [0.15, 0.2) is 36.4 Å². The van der Waals surface area contributed by atoms with Gasteiger partial charge < -0.3 is 4.74 Å². The van der Waals surface area contributed by atoms with Crippen LogP contribution in [0.4, 0.5) is 5.13 Å². The highest BCUT2D eigenvalue weighted by atomic mass is 35.5. The number of carbonyl (C=O) groups is 1. The van der Waals surface area contributed by atoms with Crippen LogP contribution in [0, 0.1) is 13.8 Å². The maximum absolute atomic E-state index is 13.4. The molecule has 0 saturated carbocycles. The van der Waals surface area contributed by atoms with Gasteiger partial charge in [-0.05, 0) is 49.6 Å². The molecule has 0 radical (unpaired) electrons. The Bertz CT molecular complexity index is 1070. The third-order valence-corrected chi connectivity index (χ3v) is 6.95. The van der Waals surface area contributed by atoms with Gasteiger partial charge in [0, 0.05) is 31.2 Å². The van der Waals surface area contributed by atoms with Gasteiger partial charge in [0.05, 0.1) is 29.9 Å². The monoisotopic (exact) mass is 493 g/mol. The number of hydrogen-bond acceptors (Lipinski definition) is 5. The second-order valence-corrected chi connectivity index (χ2v) is 9.51. The van der Waals surface area contributed by atoms with Gasteiger partial charge in [-0.3, -0.25) is 14.6 Å². The van der Waals surface area contributed by atoms with Crippen LogP contribution in [-0.2, 0) is 16.0 Å². The first kappa shape index (κ1) is 24.9. The molecule has 1 aliphatic heterocycles. The van der Waals surface area contributed by atoms with Crippen molar-refractivity contribution in [3.8, 4) is 0 Å². The molecule has 32 heavy (non-hydrogen) atoms. The van der Waals surface area contributed by atoms with Gasteiger partial charge in [0.1, 0.15) is 0 Å². The fourth-order valence-corrected chi connectivity index (χ4v) is 5.14. The third-order valence-electron chi connectivity index (χ3n) is 5.68. The number of carbonyl (C=O) groups excluding carboxylic acids is 1.